The van der Waals surface area contributed by atoms with Gasteiger partial charge in [0.25, 0.3) is 0 Å². The van der Waals surface area contributed by atoms with Crippen LogP contribution in [0.25, 0.3) is 0 Å². The van der Waals surface area contributed by atoms with Crippen molar-refractivity contribution in [3.05, 3.63) is 112 Å². The monoisotopic (exact) mass is 622 g/mol. The van der Waals surface area contributed by atoms with Crippen LogP contribution in [-0.4, -0.2) is 12.7 Å². The molecule has 0 aliphatic carbocycles. The Morgan fingerprint density at radius 3 is 2.02 bits per heavy atom. The second-order valence-corrected chi connectivity index (χ2v) is 9.76. The Hall–Kier alpha value is -3.58. The zero-order chi connectivity index (χ0) is 31.5. The van der Waals surface area contributed by atoms with E-state index in [1.54, 1.807) is 0 Å². The second-order valence-electron chi connectivity index (χ2n) is 9.76. The molecule has 1 saturated heterocycles. The Kier molecular flexibility index (Phi) is 9.75. The molecule has 3 nitrogen and oxygen atoms in total. The largest absolute Gasteiger partial charge is 0.432 e. The molecule has 1 fully saturated rings. The van der Waals surface area contributed by atoms with Crippen molar-refractivity contribution in [2.45, 2.75) is 57.0 Å². The average molecular weight is 622 g/mol. The molecule has 0 N–H and O–H groups in total. The molecule has 4 rings (SSSR count). The maximum Gasteiger partial charge on any atom is 0.432 e. The fraction of sp³-hybridized carbons (Fsp3) is 0.333. The lowest BCUT2D eigenvalue weighted by Gasteiger charge is -2.32. The topological polar surface area (TPSA) is 27.7 Å². The van der Waals surface area contributed by atoms with Crippen molar-refractivity contribution in [2.75, 3.05) is 6.61 Å². The van der Waals surface area contributed by atoms with Gasteiger partial charge in [-0.15, -0.1) is 0 Å². The Morgan fingerprint density at radius 2 is 1.47 bits per heavy atom. The molecular weight excluding hydrogens is 598 g/mol. The van der Waals surface area contributed by atoms with Gasteiger partial charge in [0.15, 0.2) is 17.5 Å². The van der Waals surface area contributed by atoms with Gasteiger partial charge in [0, 0.05) is 12.1 Å². The van der Waals surface area contributed by atoms with Crippen molar-refractivity contribution in [3.63, 3.8) is 0 Å². The first-order chi connectivity index (χ1) is 20.2. The number of hydrogen-bond acceptors (Lipinski definition) is 3. The predicted octanol–water partition coefficient (Wildman–Crippen LogP) is 9.14. The van der Waals surface area contributed by atoms with E-state index in [0.717, 1.165) is 12.1 Å². The van der Waals surface area contributed by atoms with E-state index in [0.29, 0.717) is 30.5 Å². The lowest BCUT2D eigenvalue weighted by molar-refractivity contribution is -0.290. The van der Waals surface area contributed by atoms with Gasteiger partial charge >= 0.3 is 12.2 Å². The Morgan fingerprint density at radius 1 is 0.814 bits per heavy atom. The van der Waals surface area contributed by atoms with Crippen LogP contribution in [0.4, 0.5) is 43.9 Å². The highest BCUT2D eigenvalue weighted by Crippen LogP contribution is 2.40. The Bertz CT molecular complexity index is 1440. The van der Waals surface area contributed by atoms with Gasteiger partial charge in [-0.3, -0.25) is 0 Å². The van der Waals surface area contributed by atoms with E-state index in [1.165, 1.54) is 6.07 Å². The highest BCUT2D eigenvalue weighted by molar-refractivity contribution is 5.32. The zero-order valence-corrected chi connectivity index (χ0v) is 22.4. The molecule has 1 aliphatic rings. The summed E-state index contributed by atoms with van der Waals surface area (Å²) in [6.07, 6.45) is -6.65. The summed E-state index contributed by atoms with van der Waals surface area (Å²) in [5, 5.41) is 0. The molecule has 43 heavy (non-hydrogen) atoms. The molecular formula is C30H24F10O3. The predicted molar refractivity (Wildman–Crippen MR) is 133 cm³/mol. The third kappa shape index (κ3) is 7.50. The highest BCUT2D eigenvalue weighted by atomic mass is 19.3. The summed E-state index contributed by atoms with van der Waals surface area (Å²) in [6, 6.07) is 4.46. The summed E-state index contributed by atoms with van der Waals surface area (Å²) >= 11 is 0. The Balaban J connectivity index is 1.41. The van der Waals surface area contributed by atoms with Crippen molar-refractivity contribution in [1.82, 2.24) is 0 Å². The highest BCUT2D eigenvalue weighted by Gasteiger charge is 2.43. The van der Waals surface area contributed by atoms with Crippen molar-refractivity contribution >= 4 is 0 Å². The van der Waals surface area contributed by atoms with Crippen molar-refractivity contribution in [2.24, 2.45) is 0 Å². The number of rotatable bonds is 10. The number of allylic oxidation sites excluding steroid dienone is 2. The van der Waals surface area contributed by atoms with Crippen LogP contribution in [0.5, 0.6) is 5.75 Å². The van der Waals surface area contributed by atoms with Crippen LogP contribution in [0, 0.1) is 34.9 Å². The molecule has 13 heteroatoms. The van der Waals surface area contributed by atoms with Crippen LogP contribution in [0.2, 0.25) is 0 Å². The van der Waals surface area contributed by atoms with Crippen LogP contribution in [0.1, 0.15) is 54.5 Å². The van der Waals surface area contributed by atoms with Gasteiger partial charge in [-0.1, -0.05) is 18.2 Å². The van der Waals surface area contributed by atoms with Crippen LogP contribution in [0.15, 0.2) is 54.6 Å². The van der Waals surface area contributed by atoms with Gasteiger partial charge in [0.2, 0.25) is 0 Å². The molecule has 3 aromatic carbocycles. The fourth-order valence-electron chi connectivity index (χ4n) is 4.57. The maximum absolute atomic E-state index is 14.8. The van der Waals surface area contributed by atoms with E-state index < -0.39 is 82.8 Å². The molecule has 232 valence electrons. The minimum absolute atomic E-state index is 0.0737. The number of aryl methyl sites for hydroxylation is 1. The molecule has 0 saturated carbocycles. The second kappa shape index (κ2) is 13.0. The number of benzene rings is 3. The van der Waals surface area contributed by atoms with E-state index in [2.05, 4.69) is 4.74 Å². The van der Waals surface area contributed by atoms with E-state index in [4.69, 9.17) is 9.47 Å². The van der Waals surface area contributed by atoms with Gasteiger partial charge in [-0.05, 0) is 68.0 Å². The normalized spacial score (nSPS) is 17.9. The molecule has 0 aromatic heterocycles. The molecule has 0 bridgehead atoms. The number of hydrogen-bond donors (Lipinski definition) is 0. The van der Waals surface area contributed by atoms with Crippen LogP contribution in [0.3, 0.4) is 0 Å². The summed E-state index contributed by atoms with van der Waals surface area (Å²) in [7, 11) is 0. The van der Waals surface area contributed by atoms with Crippen LogP contribution >= 0.6 is 0 Å². The first-order valence-electron chi connectivity index (χ1n) is 13.0. The minimum Gasteiger partial charge on any atom is -0.429 e. The van der Waals surface area contributed by atoms with Crippen LogP contribution < -0.4 is 4.74 Å². The number of halogens is 10. The molecule has 3 aromatic rings. The van der Waals surface area contributed by atoms with Gasteiger partial charge in [-0.25, -0.2) is 26.3 Å². The van der Waals surface area contributed by atoms with E-state index in [-0.39, 0.29) is 30.5 Å². The van der Waals surface area contributed by atoms with E-state index >= 15 is 0 Å². The fourth-order valence-corrected chi connectivity index (χ4v) is 4.57. The SMILES string of the molecule is C/C=C/CCc1ccc(C(F)(F)OC2CCC(c3cc(F)c(C(F)(F)Oc4cc(F)c(F)c(F)c4)c(F)c3)OC2)c(F)c1. The summed E-state index contributed by atoms with van der Waals surface area (Å²) in [5.41, 5.74) is -2.60. The van der Waals surface area contributed by atoms with Crippen LogP contribution in [-0.2, 0) is 28.1 Å². The minimum atomic E-state index is -4.78. The standard InChI is InChI=1S/C30H24F10O3/c1-2-3-4-5-16-6-8-20(21(31)10-16)29(37,38)42-18-7-9-26(41-15-18)17-11-22(32)27(23(33)12-17)30(39,40)43-19-13-24(34)28(36)25(35)14-19/h2-3,6,8,10-14,18,26H,4-5,7,9,15H2,1H3/b3-2+. The third-order valence-corrected chi connectivity index (χ3v) is 6.66. The molecule has 1 heterocycles. The van der Waals surface area contributed by atoms with E-state index in [1.807, 2.05) is 19.1 Å². The molecule has 2 unspecified atom stereocenters. The number of ether oxygens (including phenoxy) is 3. The lowest BCUT2D eigenvalue weighted by atomic mass is 9.98. The maximum atomic E-state index is 14.8. The molecule has 0 radical (unpaired) electrons. The van der Waals surface area contributed by atoms with Gasteiger partial charge in [-0.2, -0.15) is 17.6 Å². The van der Waals surface area contributed by atoms with Crippen molar-refractivity contribution in [3.8, 4) is 5.75 Å². The molecule has 0 spiro atoms. The Labute approximate surface area is 239 Å². The lowest BCUT2D eigenvalue weighted by Crippen LogP contribution is -2.34. The third-order valence-electron chi connectivity index (χ3n) is 6.66. The first-order valence-corrected chi connectivity index (χ1v) is 13.0. The quantitative estimate of drug-likeness (QED) is 0.128. The summed E-state index contributed by atoms with van der Waals surface area (Å²) in [4.78, 5) is 0. The van der Waals surface area contributed by atoms with E-state index in [9.17, 15) is 43.9 Å². The van der Waals surface area contributed by atoms with Crippen molar-refractivity contribution in [1.29, 1.82) is 0 Å². The average Bonchev–Trinajstić information content (AvgIpc) is 2.91. The summed E-state index contributed by atoms with van der Waals surface area (Å²) < 4.78 is 157. The van der Waals surface area contributed by atoms with Gasteiger partial charge in [0.05, 0.1) is 24.4 Å². The molecule has 1 aliphatic heterocycles. The van der Waals surface area contributed by atoms with Gasteiger partial charge < -0.3 is 14.2 Å². The summed E-state index contributed by atoms with van der Waals surface area (Å²) in [5.74, 6) is -11.7. The van der Waals surface area contributed by atoms with Gasteiger partial charge in [0.1, 0.15) is 28.8 Å². The number of alkyl halides is 4. The zero-order valence-electron chi connectivity index (χ0n) is 22.4. The molecule has 0 amide bonds. The molecule has 2 atom stereocenters. The summed E-state index contributed by atoms with van der Waals surface area (Å²) in [6.45, 7) is 1.33. The van der Waals surface area contributed by atoms with Crippen molar-refractivity contribution < 1.29 is 58.1 Å². The smallest absolute Gasteiger partial charge is 0.429 e. The first kappa shape index (κ1) is 32.3.